The van der Waals surface area contributed by atoms with Gasteiger partial charge in [0.2, 0.25) is 15.9 Å². The SMILES string of the molecule is Cc1ccc(S(=O)(=O)N2CCN(C(=O)CCNC(=O)c3ccsc3)CC2)c(C)c1. The zero-order valence-electron chi connectivity index (χ0n) is 16.6. The molecule has 1 aliphatic heterocycles. The number of carbonyl (C=O) groups is 2. The van der Waals surface area contributed by atoms with E-state index in [-0.39, 0.29) is 37.9 Å². The number of rotatable bonds is 6. The van der Waals surface area contributed by atoms with E-state index in [4.69, 9.17) is 0 Å². The van der Waals surface area contributed by atoms with Crippen molar-refractivity contribution in [3.8, 4) is 0 Å². The van der Waals surface area contributed by atoms with Crippen LogP contribution in [0.15, 0.2) is 39.9 Å². The van der Waals surface area contributed by atoms with Crippen LogP contribution in [0.5, 0.6) is 0 Å². The first-order chi connectivity index (χ1) is 13.8. The second-order valence-electron chi connectivity index (χ2n) is 7.07. The van der Waals surface area contributed by atoms with Crippen LogP contribution in [-0.2, 0) is 14.8 Å². The zero-order valence-corrected chi connectivity index (χ0v) is 18.2. The van der Waals surface area contributed by atoms with Crippen LogP contribution >= 0.6 is 11.3 Å². The Labute approximate surface area is 175 Å². The maximum absolute atomic E-state index is 12.9. The summed E-state index contributed by atoms with van der Waals surface area (Å²) in [5.74, 6) is -0.275. The topological polar surface area (TPSA) is 86.8 Å². The third kappa shape index (κ3) is 5.04. The molecular formula is C20H25N3O4S2. The molecule has 1 aliphatic rings. The fraction of sp³-hybridized carbons (Fsp3) is 0.400. The van der Waals surface area contributed by atoms with Gasteiger partial charge in [0.05, 0.1) is 4.90 Å². The van der Waals surface area contributed by atoms with Gasteiger partial charge in [0.25, 0.3) is 5.91 Å². The Bertz CT molecular complexity index is 979. The summed E-state index contributed by atoms with van der Waals surface area (Å²) in [7, 11) is -3.57. The van der Waals surface area contributed by atoms with Crippen molar-refractivity contribution in [2.24, 2.45) is 0 Å². The fourth-order valence-corrected chi connectivity index (χ4v) is 5.61. The number of piperazine rings is 1. The molecule has 2 heterocycles. The molecule has 2 aromatic rings. The lowest BCUT2D eigenvalue weighted by molar-refractivity contribution is -0.132. The van der Waals surface area contributed by atoms with Crippen molar-refractivity contribution in [3.63, 3.8) is 0 Å². The third-order valence-corrected chi connectivity index (χ3v) is 7.69. The van der Waals surface area contributed by atoms with Gasteiger partial charge < -0.3 is 10.2 Å². The van der Waals surface area contributed by atoms with Crippen molar-refractivity contribution in [2.75, 3.05) is 32.7 Å². The van der Waals surface area contributed by atoms with Gasteiger partial charge in [-0.2, -0.15) is 15.6 Å². The van der Waals surface area contributed by atoms with Gasteiger partial charge in [-0.05, 0) is 36.9 Å². The molecule has 2 amide bonds. The highest BCUT2D eigenvalue weighted by Gasteiger charge is 2.30. The lowest BCUT2D eigenvalue weighted by Gasteiger charge is -2.34. The second kappa shape index (κ2) is 9.06. The Kier molecular flexibility index (Phi) is 6.71. The number of thiophene rings is 1. The highest BCUT2D eigenvalue weighted by Crippen LogP contribution is 2.22. The first-order valence-electron chi connectivity index (χ1n) is 9.44. The molecule has 0 saturated carbocycles. The zero-order chi connectivity index (χ0) is 21.0. The molecule has 0 spiro atoms. The Morgan fingerprint density at radius 3 is 2.45 bits per heavy atom. The Morgan fingerprint density at radius 1 is 1.10 bits per heavy atom. The highest BCUT2D eigenvalue weighted by molar-refractivity contribution is 7.89. The number of aryl methyl sites for hydroxylation is 2. The molecule has 1 N–H and O–H groups in total. The second-order valence-corrected chi connectivity index (χ2v) is 9.76. The van der Waals surface area contributed by atoms with E-state index in [2.05, 4.69) is 5.32 Å². The van der Waals surface area contributed by atoms with Gasteiger partial charge in [-0.3, -0.25) is 9.59 Å². The summed E-state index contributed by atoms with van der Waals surface area (Å²) in [4.78, 5) is 26.3. The van der Waals surface area contributed by atoms with Crippen LogP contribution in [0.2, 0.25) is 0 Å². The van der Waals surface area contributed by atoms with Gasteiger partial charge >= 0.3 is 0 Å². The first kappa shape index (κ1) is 21.5. The Morgan fingerprint density at radius 2 is 1.83 bits per heavy atom. The normalized spacial score (nSPS) is 15.3. The average molecular weight is 436 g/mol. The molecule has 3 rings (SSSR count). The van der Waals surface area contributed by atoms with Gasteiger partial charge in [-0.1, -0.05) is 17.7 Å². The number of amides is 2. The first-order valence-corrected chi connectivity index (χ1v) is 11.8. The molecule has 0 atom stereocenters. The minimum absolute atomic E-state index is 0.0841. The minimum atomic E-state index is -3.57. The maximum Gasteiger partial charge on any atom is 0.252 e. The van der Waals surface area contributed by atoms with E-state index in [9.17, 15) is 18.0 Å². The Balaban J connectivity index is 1.50. The van der Waals surface area contributed by atoms with Crippen LogP contribution in [0.25, 0.3) is 0 Å². The monoisotopic (exact) mass is 435 g/mol. The number of benzene rings is 1. The standard InChI is InChI=1S/C20H25N3O4S2/c1-15-3-4-18(16(2)13-15)29(26,27)23-10-8-22(9-11-23)19(24)5-7-21-20(25)17-6-12-28-14-17/h3-4,6,12-14H,5,7-11H2,1-2H3,(H,21,25). The maximum atomic E-state index is 12.9. The van der Waals surface area contributed by atoms with Crippen LogP contribution in [0, 0.1) is 13.8 Å². The number of nitrogens with one attached hydrogen (secondary N) is 1. The van der Waals surface area contributed by atoms with E-state index in [0.29, 0.717) is 23.5 Å². The van der Waals surface area contributed by atoms with Crippen LogP contribution in [0.1, 0.15) is 27.9 Å². The lowest BCUT2D eigenvalue weighted by atomic mass is 10.2. The molecule has 29 heavy (non-hydrogen) atoms. The largest absolute Gasteiger partial charge is 0.351 e. The molecule has 1 fully saturated rings. The molecule has 0 aliphatic carbocycles. The number of hydrogen-bond donors (Lipinski definition) is 1. The van der Waals surface area contributed by atoms with Crippen LogP contribution < -0.4 is 5.32 Å². The van der Waals surface area contributed by atoms with Crippen molar-refractivity contribution >= 4 is 33.2 Å². The van der Waals surface area contributed by atoms with Gasteiger partial charge in [0.1, 0.15) is 0 Å². The van der Waals surface area contributed by atoms with E-state index >= 15 is 0 Å². The average Bonchev–Trinajstić information content (AvgIpc) is 3.22. The summed E-state index contributed by atoms with van der Waals surface area (Å²) in [5.41, 5.74) is 2.33. The van der Waals surface area contributed by atoms with E-state index in [1.807, 2.05) is 18.4 Å². The summed E-state index contributed by atoms with van der Waals surface area (Å²) in [6.45, 7) is 5.21. The minimum Gasteiger partial charge on any atom is -0.351 e. The highest BCUT2D eigenvalue weighted by atomic mass is 32.2. The van der Waals surface area contributed by atoms with E-state index in [0.717, 1.165) is 11.1 Å². The molecule has 0 unspecified atom stereocenters. The lowest BCUT2D eigenvalue weighted by Crippen LogP contribution is -2.51. The smallest absolute Gasteiger partial charge is 0.252 e. The van der Waals surface area contributed by atoms with Crippen molar-refractivity contribution < 1.29 is 18.0 Å². The number of sulfonamides is 1. The van der Waals surface area contributed by atoms with Crippen molar-refractivity contribution in [3.05, 3.63) is 51.7 Å². The molecule has 1 aromatic carbocycles. The van der Waals surface area contributed by atoms with Crippen LogP contribution in [-0.4, -0.2) is 62.2 Å². The fourth-order valence-electron chi connectivity index (χ4n) is 3.34. The van der Waals surface area contributed by atoms with Gasteiger partial charge in [0, 0.05) is 50.1 Å². The van der Waals surface area contributed by atoms with Crippen molar-refractivity contribution in [2.45, 2.75) is 25.2 Å². The Hall–Kier alpha value is -2.23. The van der Waals surface area contributed by atoms with Gasteiger partial charge in [0.15, 0.2) is 0 Å². The molecule has 0 bridgehead atoms. The predicted molar refractivity (Wildman–Crippen MR) is 113 cm³/mol. The number of carbonyl (C=O) groups excluding carboxylic acids is 2. The summed E-state index contributed by atoms with van der Waals surface area (Å²) >= 11 is 1.44. The quantitative estimate of drug-likeness (QED) is 0.752. The molecule has 1 aromatic heterocycles. The van der Waals surface area contributed by atoms with Crippen LogP contribution in [0.4, 0.5) is 0 Å². The van der Waals surface area contributed by atoms with E-state index in [1.165, 1.54) is 15.6 Å². The molecule has 1 saturated heterocycles. The third-order valence-electron chi connectivity index (χ3n) is 4.95. The predicted octanol–water partition coefficient (Wildman–Crippen LogP) is 2.02. The van der Waals surface area contributed by atoms with Gasteiger partial charge in [-0.15, -0.1) is 0 Å². The van der Waals surface area contributed by atoms with Crippen molar-refractivity contribution in [1.82, 2.24) is 14.5 Å². The van der Waals surface area contributed by atoms with Gasteiger partial charge in [-0.25, -0.2) is 8.42 Å². The molecular weight excluding hydrogens is 410 g/mol. The summed E-state index contributed by atoms with van der Waals surface area (Å²) in [6.07, 6.45) is 0.194. The van der Waals surface area contributed by atoms with E-state index in [1.54, 1.807) is 35.4 Å². The summed E-state index contributed by atoms with van der Waals surface area (Å²) in [6, 6.07) is 7.03. The summed E-state index contributed by atoms with van der Waals surface area (Å²) in [5, 5.41) is 6.32. The number of nitrogens with zero attached hydrogens (tertiary/aromatic N) is 2. The molecule has 7 nitrogen and oxygen atoms in total. The van der Waals surface area contributed by atoms with E-state index < -0.39 is 10.0 Å². The molecule has 0 radical (unpaired) electrons. The molecule has 9 heteroatoms. The number of hydrogen-bond acceptors (Lipinski definition) is 5. The van der Waals surface area contributed by atoms with Crippen molar-refractivity contribution in [1.29, 1.82) is 0 Å². The molecule has 156 valence electrons. The van der Waals surface area contributed by atoms with Crippen LogP contribution in [0.3, 0.4) is 0 Å². The summed E-state index contributed by atoms with van der Waals surface area (Å²) < 4.78 is 27.3.